The Kier molecular flexibility index (Phi) is 4.17. The van der Waals surface area contributed by atoms with Crippen molar-refractivity contribution in [1.82, 2.24) is 14.9 Å². The summed E-state index contributed by atoms with van der Waals surface area (Å²) in [4.78, 5) is 11.4. The van der Waals surface area contributed by atoms with E-state index in [4.69, 9.17) is 4.42 Å². The summed E-state index contributed by atoms with van der Waals surface area (Å²) in [5.74, 6) is 2.40. The maximum atomic E-state index is 5.83. The maximum Gasteiger partial charge on any atom is 0.209 e. The fourth-order valence-electron chi connectivity index (χ4n) is 3.22. The quantitative estimate of drug-likeness (QED) is 0.779. The molecule has 124 valence electrons. The van der Waals surface area contributed by atoms with Crippen LogP contribution >= 0.6 is 0 Å². The van der Waals surface area contributed by atoms with Crippen molar-refractivity contribution in [2.75, 3.05) is 25.0 Å². The van der Waals surface area contributed by atoms with E-state index < -0.39 is 0 Å². The van der Waals surface area contributed by atoms with Crippen LogP contribution < -0.4 is 5.32 Å². The van der Waals surface area contributed by atoms with Crippen LogP contribution in [-0.4, -0.2) is 34.5 Å². The number of pyridine rings is 1. The number of anilines is 1. The minimum absolute atomic E-state index is 0.637. The van der Waals surface area contributed by atoms with Crippen LogP contribution in [0.4, 0.5) is 5.82 Å². The summed E-state index contributed by atoms with van der Waals surface area (Å²) in [6.45, 7) is 5.95. The van der Waals surface area contributed by atoms with Gasteiger partial charge in [-0.25, -0.2) is 9.97 Å². The normalized spacial score (nSPS) is 18.3. The Morgan fingerprint density at radius 3 is 3.00 bits per heavy atom. The number of fused-ring (bicyclic) bond motifs is 1. The van der Waals surface area contributed by atoms with Gasteiger partial charge in [-0.15, -0.1) is 0 Å². The van der Waals surface area contributed by atoms with E-state index in [1.807, 2.05) is 36.5 Å². The highest BCUT2D eigenvalue weighted by molar-refractivity contribution is 5.72. The molecule has 0 unspecified atom stereocenters. The van der Waals surface area contributed by atoms with Crippen molar-refractivity contribution in [3.63, 3.8) is 0 Å². The molecular formula is C19H22N4O. The number of rotatable bonds is 5. The Labute approximate surface area is 141 Å². The van der Waals surface area contributed by atoms with Crippen molar-refractivity contribution in [2.45, 2.75) is 19.9 Å². The van der Waals surface area contributed by atoms with E-state index in [2.05, 4.69) is 33.2 Å². The number of likely N-dealkylation sites (tertiary alicyclic amines) is 1. The first-order chi connectivity index (χ1) is 11.8. The lowest BCUT2D eigenvalue weighted by Crippen LogP contribution is -2.23. The molecule has 5 heteroatoms. The van der Waals surface area contributed by atoms with Gasteiger partial charge in [0.2, 0.25) is 5.89 Å². The Bertz CT molecular complexity index is 779. The van der Waals surface area contributed by atoms with Crippen molar-refractivity contribution < 1.29 is 4.42 Å². The molecule has 1 fully saturated rings. The van der Waals surface area contributed by atoms with Crippen molar-refractivity contribution >= 4 is 16.9 Å². The van der Waals surface area contributed by atoms with Crippen LogP contribution in [0.1, 0.15) is 17.9 Å². The summed E-state index contributed by atoms with van der Waals surface area (Å²) < 4.78 is 5.83. The predicted molar refractivity (Wildman–Crippen MR) is 94.9 cm³/mol. The predicted octanol–water partition coefficient (Wildman–Crippen LogP) is 3.47. The molecule has 0 amide bonds. The lowest BCUT2D eigenvalue weighted by Gasteiger charge is -2.14. The molecule has 1 aromatic carbocycles. The zero-order valence-electron chi connectivity index (χ0n) is 13.9. The lowest BCUT2D eigenvalue weighted by molar-refractivity contribution is 0.286. The summed E-state index contributed by atoms with van der Waals surface area (Å²) in [5, 5.41) is 3.44. The minimum Gasteiger partial charge on any atom is -0.439 e. The molecule has 0 bridgehead atoms. The van der Waals surface area contributed by atoms with E-state index in [0.29, 0.717) is 5.92 Å². The molecule has 1 aliphatic rings. The van der Waals surface area contributed by atoms with Gasteiger partial charge in [0.15, 0.2) is 5.58 Å². The highest BCUT2D eigenvalue weighted by atomic mass is 16.3. The number of aromatic nitrogens is 2. The average Bonchev–Trinajstić information content (AvgIpc) is 3.20. The third-order valence-electron chi connectivity index (χ3n) is 4.55. The van der Waals surface area contributed by atoms with E-state index in [0.717, 1.165) is 49.0 Å². The third kappa shape index (κ3) is 3.41. The van der Waals surface area contributed by atoms with Crippen molar-refractivity contribution in [1.29, 1.82) is 0 Å². The summed E-state index contributed by atoms with van der Waals surface area (Å²) in [6, 6.07) is 12.1. The highest BCUT2D eigenvalue weighted by Gasteiger charge is 2.23. The van der Waals surface area contributed by atoms with Crippen LogP contribution in [0.3, 0.4) is 0 Å². The van der Waals surface area contributed by atoms with Crippen LogP contribution in [0.2, 0.25) is 0 Å². The second-order valence-electron chi connectivity index (χ2n) is 6.57. The molecule has 2 aromatic heterocycles. The fraction of sp³-hybridized carbons (Fsp3) is 0.368. The first-order valence-corrected chi connectivity index (χ1v) is 8.49. The monoisotopic (exact) mass is 322 g/mol. The number of para-hydroxylation sites is 2. The Hall–Kier alpha value is -2.40. The van der Waals surface area contributed by atoms with Crippen LogP contribution in [0, 0.1) is 12.8 Å². The molecule has 0 saturated carbocycles. The van der Waals surface area contributed by atoms with Gasteiger partial charge in [-0.3, -0.25) is 4.90 Å². The molecule has 1 aliphatic heterocycles. The second kappa shape index (κ2) is 6.61. The molecule has 0 radical (unpaired) electrons. The molecule has 1 atom stereocenters. The molecule has 3 aromatic rings. The number of nitrogens with one attached hydrogen (secondary N) is 1. The molecule has 0 aliphatic carbocycles. The number of hydrogen-bond donors (Lipinski definition) is 1. The van der Waals surface area contributed by atoms with Gasteiger partial charge in [0, 0.05) is 19.3 Å². The lowest BCUT2D eigenvalue weighted by atomic mass is 10.1. The number of aryl methyl sites for hydroxylation is 1. The Morgan fingerprint density at radius 2 is 2.17 bits per heavy atom. The molecule has 0 spiro atoms. The topological polar surface area (TPSA) is 54.2 Å². The van der Waals surface area contributed by atoms with E-state index >= 15 is 0 Å². The molecule has 1 N–H and O–H groups in total. The average molecular weight is 322 g/mol. The van der Waals surface area contributed by atoms with Gasteiger partial charge in [0.25, 0.3) is 0 Å². The molecule has 3 heterocycles. The standard InChI is InChI=1S/C19H22N4O/c1-14-6-7-18(20-10-14)21-11-15-8-9-23(12-15)13-19-22-16-4-2-3-5-17(16)24-19/h2-7,10,15H,8-9,11-13H2,1H3,(H,20,21)/t15-/m0/s1. The molecule has 24 heavy (non-hydrogen) atoms. The minimum atomic E-state index is 0.637. The first-order valence-electron chi connectivity index (χ1n) is 8.49. The van der Waals surface area contributed by atoms with Crippen molar-refractivity contribution in [3.05, 3.63) is 54.0 Å². The van der Waals surface area contributed by atoms with Gasteiger partial charge in [-0.2, -0.15) is 0 Å². The van der Waals surface area contributed by atoms with Gasteiger partial charge < -0.3 is 9.73 Å². The van der Waals surface area contributed by atoms with Crippen LogP contribution in [-0.2, 0) is 6.54 Å². The van der Waals surface area contributed by atoms with Crippen LogP contribution in [0.25, 0.3) is 11.1 Å². The van der Waals surface area contributed by atoms with Gasteiger partial charge in [0.1, 0.15) is 11.3 Å². The first kappa shape index (κ1) is 15.1. The SMILES string of the molecule is Cc1ccc(NC[C@@H]2CCN(Cc3nc4ccccc4o3)C2)nc1. The molecule has 4 rings (SSSR count). The van der Waals surface area contributed by atoms with E-state index in [1.165, 1.54) is 12.0 Å². The van der Waals surface area contributed by atoms with E-state index in [-0.39, 0.29) is 0 Å². The highest BCUT2D eigenvalue weighted by Crippen LogP contribution is 2.21. The smallest absolute Gasteiger partial charge is 0.209 e. The van der Waals surface area contributed by atoms with E-state index in [9.17, 15) is 0 Å². The second-order valence-corrected chi connectivity index (χ2v) is 6.57. The summed E-state index contributed by atoms with van der Waals surface area (Å²) in [6.07, 6.45) is 3.09. The zero-order valence-corrected chi connectivity index (χ0v) is 13.9. The van der Waals surface area contributed by atoms with Crippen LogP contribution in [0.15, 0.2) is 47.0 Å². The molecule has 5 nitrogen and oxygen atoms in total. The number of hydrogen-bond acceptors (Lipinski definition) is 5. The zero-order chi connectivity index (χ0) is 16.4. The molecular weight excluding hydrogens is 300 g/mol. The summed E-state index contributed by atoms with van der Waals surface area (Å²) in [5.41, 5.74) is 3.00. The number of nitrogens with zero attached hydrogens (tertiary/aromatic N) is 3. The Balaban J connectivity index is 1.30. The number of benzene rings is 1. The molecule has 1 saturated heterocycles. The van der Waals surface area contributed by atoms with Gasteiger partial charge in [-0.1, -0.05) is 18.2 Å². The van der Waals surface area contributed by atoms with Gasteiger partial charge in [0.05, 0.1) is 6.54 Å². The van der Waals surface area contributed by atoms with Crippen LogP contribution in [0.5, 0.6) is 0 Å². The third-order valence-corrected chi connectivity index (χ3v) is 4.55. The van der Waals surface area contributed by atoms with Crippen molar-refractivity contribution in [3.8, 4) is 0 Å². The maximum absolute atomic E-state index is 5.83. The van der Waals surface area contributed by atoms with Gasteiger partial charge in [-0.05, 0) is 49.6 Å². The van der Waals surface area contributed by atoms with E-state index in [1.54, 1.807) is 0 Å². The largest absolute Gasteiger partial charge is 0.439 e. The summed E-state index contributed by atoms with van der Waals surface area (Å²) in [7, 11) is 0. The number of oxazole rings is 1. The Morgan fingerprint density at radius 1 is 1.25 bits per heavy atom. The van der Waals surface area contributed by atoms with Crippen molar-refractivity contribution in [2.24, 2.45) is 5.92 Å². The van der Waals surface area contributed by atoms with Gasteiger partial charge >= 0.3 is 0 Å². The summed E-state index contributed by atoms with van der Waals surface area (Å²) >= 11 is 0. The fourth-order valence-corrected chi connectivity index (χ4v) is 3.22.